The lowest BCUT2D eigenvalue weighted by molar-refractivity contribution is 0.441. The van der Waals surface area contributed by atoms with Gasteiger partial charge in [0.15, 0.2) is 0 Å². The highest BCUT2D eigenvalue weighted by Crippen LogP contribution is 2.31. The summed E-state index contributed by atoms with van der Waals surface area (Å²) < 4.78 is 0. The molecule has 0 saturated carbocycles. The number of nitrogens with zero attached hydrogens (tertiary/aromatic N) is 1. The maximum absolute atomic E-state index is 12.6. The highest BCUT2D eigenvalue weighted by Gasteiger charge is 2.27. The number of rotatable bonds is 3. The number of aromatic amines is 1. The molecule has 0 amide bonds. The first-order chi connectivity index (χ1) is 11.4. The Hall–Kier alpha value is -2.88. The minimum absolute atomic E-state index is 0.200. The van der Waals surface area contributed by atoms with Crippen LogP contribution in [0.15, 0.2) is 59.4 Å². The van der Waals surface area contributed by atoms with Gasteiger partial charge in [0.2, 0.25) is 5.88 Å². The van der Waals surface area contributed by atoms with Crippen molar-refractivity contribution in [1.29, 1.82) is 0 Å². The molecular formula is C20H20N2O2. The minimum atomic E-state index is -0.525. The number of aromatic hydroxyl groups is 1. The fourth-order valence-electron chi connectivity index (χ4n) is 2.81. The third kappa shape index (κ3) is 2.83. The van der Waals surface area contributed by atoms with Gasteiger partial charge in [0.1, 0.15) is 11.4 Å². The van der Waals surface area contributed by atoms with Gasteiger partial charge in [0.25, 0.3) is 5.56 Å². The zero-order valence-corrected chi connectivity index (χ0v) is 14.0. The van der Waals surface area contributed by atoms with Crippen LogP contribution in [0.25, 0.3) is 11.1 Å². The maximum atomic E-state index is 12.6. The van der Waals surface area contributed by atoms with Gasteiger partial charge in [-0.05, 0) is 31.9 Å². The first kappa shape index (κ1) is 16.0. The average molecular weight is 320 g/mol. The Labute approximate surface area is 140 Å². The van der Waals surface area contributed by atoms with E-state index in [9.17, 15) is 9.90 Å². The summed E-state index contributed by atoms with van der Waals surface area (Å²) >= 11 is 0. The van der Waals surface area contributed by atoms with E-state index in [1.54, 1.807) is 6.07 Å². The molecule has 3 rings (SSSR count). The molecule has 2 N–H and O–H groups in total. The zero-order chi connectivity index (χ0) is 17.3. The monoisotopic (exact) mass is 320 g/mol. The van der Waals surface area contributed by atoms with Crippen molar-refractivity contribution in [3.63, 3.8) is 0 Å². The lowest BCUT2D eigenvalue weighted by atomic mass is 9.83. The number of nitrogens with one attached hydrogen (secondary N) is 1. The van der Waals surface area contributed by atoms with Gasteiger partial charge in [-0.15, -0.1) is 0 Å². The summed E-state index contributed by atoms with van der Waals surface area (Å²) in [6, 6.07) is 17.2. The van der Waals surface area contributed by atoms with Crippen molar-refractivity contribution in [3.8, 4) is 17.0 Å². The number of aryl methyl sites for hydroxylation is 1. The fraction of sp³-hybridized carbons (Fsp3) is 0.200. The standard InChI is InChI=1S/C20H20N2O2/c1-13-8-7-9-14(12-13)16-17(23)21-19(22-18(16)24)20(2,3)15-10-5-4-6-11-15/h4-12H,1-3H3,(H2,21,22,23,24). The van der Waals surface area contributed by atoms with Gasteiger partial charge in [-0.1, -0.05) is 60.2 Å². The van der Waals surface area contributed by atoms with Gasteiger partial charge in [0.05, 0.1) is 0 Å². The summed E-state index contributed by atoms with van der Waals surface area (Å²) in [5, 5.41) is 10.4. The zero-order valence-electron chi connectivity index (χ0n) is 14.0. The van der Waals surface area contributed by atoms with Crippen molar-refractivity contribution in [2.75, 3.05) is 0 Å². The molecule has 2 aromatic carbocycles. The van der Waals surface area contributed by atoms with Gasteiger partial charge >= 0.3 is 0 Å². The van der Waals surface area contributed by atoms with Gasteiger partial charge in [-0.25, -0.2) is 0 Å². The van der Waals surface area contributed by atoms with Crippen molar-refractivity contribution < 1.29 is 5.11 Å². The summed E-state index contributed by atoms with van der Waals surface area (Å²) in [5.74, 6) is 0.191. The van der Waals surface area contributed by atoms with Crippen LogP contribution in [0.1, 0.15) is 30.8 Å². The highest BCUT2D eigenvalue weighted by atomic mass is 16.3. The van der Waals surface area contributed by atoms with Crippen molar-refractivity contribution in [3.05, 3.63) is 81.9 Å². The van der Waals surface area contributed by atoms with E-state index in [1.807, 2.05) is 69.3 Å². The summed E-state index contributed by atoms with van der Waals surface area (Å²) in [6.07, 6.45) is 0. The molecule has 0 aliphatic rings. The molecule has 122 valence electrons. The van der Waals surface area contributed by atoms with Crippen molar-refractivity contribution in [2.24, 2.45) is 0 Å². The van der Waals surface area contributed by atoms with Crippen molar-refractivity contribution >= 4 is 0 Å². The molecule has 0 spiro atoms. The Kier molecular flexibility index (Phi) is 3.97. The Morgan fingerprint density at radius 2 is 1.75 bits per heavy atom. The SMILES string of the molecule is Cc1cccc(-c2c(O)nc(C(C)(C)c3ccccc3)[nH]c2=O)c1. The van der Waals surface area contributed by atoms with E-state index in [4.69, 9.17) is 0 Å². The molecule has 0 unspecified atom stereocenters. The molecule has 1 aromatic heterocycles. The quantitative estimate of drug-likeness (QED) is 0.772. The molecule has 0 aliphatic carbocycles. The summed E-state index contributed by atoms with van der Waals surface area (Å²) in [6.45, 7) is 5.87. The summed E-state index contributed by atoms with van der Waals surface area (Å²) in [5.41, 5.74) is 2.02. The van der Waals surface area contributed by atoms with E-state index < -0.39 is 5.41 Å². The van der Waals surface area contributed by atoms with Crippen molar-refractivity contribution in [1.82, 2.24) is 9.97 Å². The molecule has 3 aromatic rings. The largest absolute Gasteiger partial charge is 0.493 e. The molecule has 24 heavy (non-hydrogen) atoms. The molecule has 0 radical (unpaired) electrons. The van der Waals surface area contributed by atoms with Crippen LogP contribution < -0.4 is 5.56 Å². The van der Waals surface area contributed by atoms with Gasteiger partial charge < -0.3 is 10.1 Å². The van der Waals surface area contributed by atoms with E-state index in [1.165, 1.54) is 0 Å². The molecule has 0 aliphatic heterocycles. The maximum Gasteiger partial charge on any atom is 0.262 e. The molecule has 0 atom stereocenters. The Balaban J connectivity index is 2.13. The number of benzene rings is 2. The molecular weight excluding hydrogens is 300 g/mol. The number of hydrogen-bond donors (Lipinski definition) is 2. The van der Waals surface area contributed by atoms with Crippen LogP contribution >= 0.6 is 0 Å². The van der Waals surface area contributed by atoms with Crippen LogP contribution in [0.3, 0.4) is 0 Å². The third-order valence-corrected chi connectivity index (χ3v) is 4.29. The third-order valence-electron chi connectivity index (χ3n) is 4.29. The molecule has 4 nitrogen and oxygen atoms in total. The van der Waals surface area contributed by atoms with Crippen LogP contribution in [0, 0.1) is 6.92 Å². The lowest BCUT2D eigenvalue weighted by Gasteiger charge is -2.24. The average Bonchev–Trinajstić information content (AvgIpc) is 2.55. The molecule has 0 fully saturated rings. The van der Waals surface area contributed by atoms with Crippen LogP contribution in [-0.4, -0.2) is 15.1 Å². The van der Waals surface area contributed by atoms with Crippen LogP contribution in [0.4, 0.5) is 0 Å². The number of hydrogen-bond acceptors (Lipinski definition) is 3. The van der Waals surface area contributed by atoms with Crippen molar-refractivity contribution in [2.45, 2.75) is 26.2 Å². The smallest absolute Gasteiger partial charge is 0.262 e. The Morgan fingerprint density at radius 3 is 2.38 bits per heavy atom. The minimum Gasteiger partial charge on any atom is -0.493 e. The topological polar surface area (TPSA) is 66.0 Å². The van der Waals surface area contributed by atoms with Crippen LogP contribution in [0.5, 0.6) is 5.88 Å². The van der Waals surface area contributed by atoms with Gasteiger partial charge in [0, 0.05) is 5.41 Å². The van der Waals surface area contributed by atoms with E-state index in [-0.39, 0.29) is 17.0 Å². The summed E-state index contributed by atoms with van der Waals surface area (Å²) in [4.78, 5) is 19.7. The van der Waals surface area contributed by atoms with E-state index in [0.29, 0.717) is 11.4 Å². The first-order valence-corrected chi connectivity index (χ1v) is 7.86. The summed E-state index contributed by atoms with van der Waals surface area (Å²) in [7, 11) is 0. The second-order valence-electron chi connectivity index (χ2n) is 6.47. The lowest BCUT2D eigenvalue weighted by Crippen LogP contribution is -2.26. The molecule has 4 heteroatoms. The van der Waals surface area contributed by atoms with Gasteiger partial charge in [-0.3, -0.25) is 4.79 Å². The Bertz CT molecular complexity index is 928. The highest BCUT2D eigenvalue weighted by molar-refractivity contribution is 5.67. The fourth-order valence-corrected chi connectivity index (χ4v) is 2.81. The Morgan fingerprint density at radius 1 is 1.04 bits per heavy atom. The first-order valence-electron chi connectivity index (χ1n) is 7.86. The normalized spacial score (nSPS) is 11.5. The molecule has 0 saturated heterocycles. The van der Waals surface area contributed by atoms with Crippen LogP contribution in [0.2, 0.25) is 0 Å². The number of aromatic nitrogens is 2. The predicted octanol–water partition coefficient (Wildman–Crippen LogP) is 3.78. The second-order valence-corrected chi connectivity index (χ2v) is 6.47. The molecule has 1 heterocycles. The van der Waals surface area contributed by atoms with E-state index >= 15 is 0 Å². The second kappa shape index (κ2) is 5.96. The van der Waals surface area contributed by atoms with Gasteiger partial charge in [-0.2, -0.15) is 4.98 Å². The molecule has 0 bridgehead atoms. The number of H-pyrrole nitrogens is 1. The van der Waals surface area contributed by atoms with Crippen LogP contribution in [-0.2, 0) is 5.41 Å². The van der Waals surface area contributed by atoms with E-state index in [0.717, 1.165) is 11.1 Å². The van der Waals surface area contributed by atoms with E-state index in [2.05, 4.69) is 9.97 Å². The predicted molar refractivity (Wildman–Crippen MR) is 95.3 cm³/mol.